The molecule has 0 bridgehead atoms. The number of thiophene rings is 1. The molecule has 0 aliphatic carbocycles. The highest BCUT2D eigenvalue weighted by Gasteiger charge is 2.01. The summed E-state index contributed by atoms with van der Waals surface area (Å²) in [6.07, 6.45) is 1.14. The van der Waals surface area contributed by atoms with E-state index in [-0.39, 0.29) is 0 Å². The first-order valence-electron chi connectivity index (χ1n) is 5.69. The summed E-state index contributed by atoms with van der Waals surface area (Å²) < 4.78 is 1.14. The molecule has 0 saturated heterocycles. The quantitative estimate of drug-likeness (QED) is 0.800. The fourth-order valence-corrected chi connectivity index (χ4v) is 2.70. The second-order valence-corrected chi connectivity index (χ2v) is 6.14. The van der Waals surface area contributed by atoms with E-state index in [2.05, 4.69) is 69.7 Å². The molecular formula is C14H16BrNS. The Labute approximate surface area is 115 Å². The van der Waals surface area contributed by atoms with Gasteiger partial charge in [-0.25, -0.2) is 0 Å². The molecule has 2 aromatic rings. The highest BCUT2D eigenvalue weighted by Crippen LogP contribution is 2.13. The van der Waals surface area contributed by atoms with Crippen LogP contribution in [0.15, 0.2) is 46.3 Å². The predicted octanol–water partition coefficient (Wildman–Crippen LogP) is 4.19. The van der Waals surface area contributed by atoms with Gasteiger partial charge in [0.05, 0.1) is 0 Å². The fraction of sp³-hybridized carbons (Fsp3) is 0.286. The normalized spacial score (nSPS) is 11.0. The standard InChI is InChI=1S/C14H16BrNS/c1-16(9-8-14-3-2-10-17-14)11-12-4-6-13(15)7-5-12/h2-7,10H,8-9,11H2,1H3. The lowest BCUT2D eigenvalue weighted by atomic mass is 10.2. The summed E-state index contributed by atoms with van der Waals surface area (Å²) in [6, 6.07) is 12.9. The van der Waals surface area contributed by atoms with Crippen LogP contribution in [0.5, 0.6) is 0 Å². The number of rotatable bonds is 5. The summed E-state index contributed by atoms with van der Waals surface area (Å²) in [5.74, 6) is 0. The second kappa shape index (κ2) is 6.34. The predicted molar refractivity (Wildman–Crippen MR) is 78.5 cm³/mol. The molecule has 0 amide bonds. The zero-order valence-electron chi connectivity index (χ0n) is 9.90. The summed E-state index contributed by atoms with van der Waals surface area (Å²) in [6.45, 7) is 2.12. The molecule has 1 aromatic heterocycles. The minimum Gasteiger partial charge on any atom is -0.302 e. The van der Waals surface area contributed by atoms with Crippen LogP contribution in [0.25, 0.3) is 0 Å². The van der Waals surface area contributed by atoms with Crippen molar-refractivity contribution in [3.63, 3.8) is 0 Å². The van der Waals surface area contributed by atoms with E-state index in [4.69, 9.17) is 0 Å². The molecule has 0 unspecified atom stereocenters. The molecule has 17 heavy (non-hydrogen) atoms. The highest BCUT2D eigenvalue weighted by molar-refractivity contribution is 9.10. The van der Waals surface area contributed by atoms with Crippen LogP contribution < -0.4 is 0 Å². The minimum absolute atomic E-state index is 1.01. The van der Waals surface area contributed by atoms with Crippen molar-refractivity contribution >= 4 is 27.3 Å². The van der Waals surface area contributed by atoms with Gasteiger partial charge in [-0.3, -0.25) is 0 Å². The molecule has 1 nitrogen and oxygen atoms in total. The third-order valence-corrected chi connectivity index (χ3v) is 4.15. The lowest BCUT2D eigenvalue weighted by Gasteiger charge is -2.16. The largest absolute Gasteiger partial charge is 0.302 e. The van der Waals surface area contributed by atoms with Crippen molar-refractivity contribution in [2.45, 2.75) is 13.0 Å². The number of hydrogen-bond acceptors (Lipinski definition) is 2. The molecule has 0 aliphatic rings. The van der Waals surface area contributed by atoms with Crippen LogP contribution >= 0.6 is 27.3 Å². The van der Waals surface area contributed by atoms with Gasteiger partial charge in [0.25, 0.3) is 0 Å². The maximum absolute atomic E-state index is 3.46. The van der Waals surface area contributed by atoms with Gasteiger partial charge in [0, 0.05) is 22.4 Å². The average molecular weight is 310 g/mol. The first kappa shape index (κ1) is 12.8. The molecule has 0 atom stereocenters. The molecule has 3 heteroatoms. The lowest BCUT2D eigenvalue weighted by Crippen LogP contribution is -2.20. The Morgan fingerprint density at radius 3 is 2.59 bits per heavy atom. The van der Waals surface area contributed by atoms with E-state index < -0.39 is 0 Å². The summed E-state index contributed by atoms with van der Waals surface area (Å²) in [5.41, 5.74) is 1.36. The van der Waals surface area contributed by atoms with E-state index in [0.717, 1.165) is 24.0 Å². The fourth-order valence-electron chi connectivity index (χ4n) is 1.74. The van der Waals surface area contributed by atoms with Crippen LogP contribution in [0.2, 0.25) is 0 Å². The van der Waals surface area contributed by atoms with Gasteiger partial charge in [-0.05, 0) is 42.6 Å². The molecule has 90 valence electrons. The first-order valence-corrected chi connectivity index (χ1v) is 7.36. The van der Waals surface area contributed by atoms with Crippen molar-refractivity contribution in [1.82, 2.24) is 4.90 Å². The zero-order chi connectivity index (χ0) is 12.1. The maximum atomic E-state index is 3.46. The lowest BCUT2D eigenvalue weighted by molar-refractivity contribution is 0.332. The number of hydrogen-bond donors (Lipinski definition) is 0. The molecule has 1 aromatic carbocycles. The summed E-state index contributed by atoms with van der Waals surface area (Å²) in [5, 5.41) is 2.14. The Bertz CT molecular complexity index is 436. The van der Waals surface area contributed by atoms with Crippen LogP contribution in [0, 0.1) is 0 Å². The third-order valence-electron chi connectivity index (χ3n) is 2.69. The van der Waals surface area contributed by atoms with E-state index in [0.29, 0.717) is 0 Å². The smallest absolute Gasteiger partial charge is 0.0230 e. The van der Waals surface area contributed by atoms with Gasteiger partial charge >= 0.3 is 0 Å². The van der Waals surface area contributed by atoms with Crippen LogP contribution in [0.3, 0.4) is 0 Å². The molecule has 2 rings (SSSR count). The summed E-state index contributed by atoms with van der Waals surface area (Å²) in [7, 11) is 2.18. The number of likely N-dealkylation sites (N-methyl/N-ethyl adjacent to an activating group) is 1. The number of halogens is 1. The van der Waals surface area contributed by atoms with Crippen LogP contribution in [-0.4, -0.2) is 18.5 Å². The second-order valence-electron chi connectivity index (χ2n) is 4.19. The van der Waals surface area contributed by atoms with Crippen molar-refractivity contribution in [3.05, 3.63) is 56.7 Å². The number of benzene rings is 1. The van der Waals surface area contributed by atoms with Crippen molar-refractivity contribution < 1.29 is 0 Å². The monoisotopic (exact) mass is 309 g/mol. The molecule has 0 N–H and O–H groups in total. The summed E-state index contributed by atoms with van der Waals surface area (Å²) >= 11 is 5.30. The van der Waals surface area contributed by atoms with E-state index in [1.54, 1.807) is 0 Å². The molecule has 0 fully saturated rings. The maximum Gasteiger partial charge on any atom is 0.0230 e. The topological polar surface area (TPSA) is 3.24 Å². The van der Waals surface area contributed by atoms with Crippen molar-refractivity contribution in [3.8, 4) is 0 Å². The molecular weight excluding hydrogens is 294 g/mol. The average Bonchev–Trinajstić information content (AvgIpc) is 2.83. The number of nitrogens with zero attached hydrogens (tertiary/aromatic N) is 1. The van der Waals surface area contributed by atoms with Crippen LogP contribution in [0.4, 0.5) is 0 Å². The van der Waals surface area contributed by atoms with Gasteiger partial charge in [0.1, 0.15) is 0 Å². The van der Waals surface area contributed by atoms with Crippen LogP contribution in [0.1, 0.15) is 10.4 Å². The Morgan fingerprint density at radius 1 is 1.18 bits per heavy atom. The van der Waals surface area contributed by atoms with Gasteiger partial charge in [-0.15, -0.1) is 11.3 Å². The van der Waals surface area contributed by atoms with Gasteiger partial charge < -0.3 is 4.90 Å². The van der Waals surface area contributed by atoms with Gasteiger partial charge in [-0.2, -0.15) is 0 Å². The van der Waals surface area contributed by atoms with Crippen molar-refractivity contribution in [1.29, 1.82) is 0 Å². The summed E-state index contributed by atoms with van der Waals surface area (Å²) in [4.78, 5) is 3.83. The zero-order valence-corrected chi connectivity index (χ0v) is 12.3. The Morgan fingerprint density at radius 2 is 1.94 bits per heavy atom. The minimum atomic E-state index is 1.01. The van der Waals surface area contributed by atoms with Crippen LogP contribution in [-0.2, 0) is 13.0 Å². The van der Waals surface area contributed by atoms with Crippen molar-refractivity contribution in [2.75, 3.05) is 13.6 Å². The van der Waals surface area contributed by atoms with E-state index in [1.807, 2.05) is 11.3 Å². The third kappa shape index (κ3) is 4.26. The molecule has 1 heterocycles. The molecule has 0 radical (unpaired) electrons. The van der Waals surface area contributed by atoms with Gasteiger partial charge in [0.2, 0.25) is 0 Å². The van der Waals surface area contributed by atoms with Crippen molar-refractivity contribution in [2.24, 2.45) is 0 Å². The van der Waals surface area contributed by atoms with Gasteiger partial charge in [-0.1, -0.05) is 34.1 Å². The van der Waals surface area contributed by atoms with E-state index in [9.17, 15) is 0 Å². The molecule has 0 spiro atoms. The molecule has 0 aliphatic heterocycles. The Kier molecular flexibility index (Phi) is 4.77. The highest BCUT2D eigenvalue weighted by atomic mass is 79.9. The van der Waals surface area contributed by atoms with Gasteiger partial charge in [0.15, 0.2) is 0 Å². The first-order chi connectivity index (χ1) is 8.24. The Balaban J connectivity index is 1.80. The SMILES string of the molecule is CN(CCc1cccs1)Cc1ccc(Br)cc1. The van der Waals surface area contributed by atoms with E-state index >= 15 is 0 Å². The molecule has 0 saturated carbocycles. The van der Waals surface area contributed by atoms with E-state index in [1.165, 1.54) is 10.4 Å². The Hall–Kier alpha value is -0.640.